The highest BCUT2D eigenvalue weighted by Crippen LogP contribution is 2.32. The molecule has 1 spiro atoms. The molecule has 0 unspecified atom stereocenters. The van der Waals surface area contributed by atoms with Gasteiger partial charge in [-0.1, -0.05) is 6.07 Å². The van der Waals surface area contributed by atoms with Crippen molar-refractivity contribution in [1.82, 2.24) is 9.88 Å². The van der Waals surface area contributed by atoms with Gasteiger partial charge in [0.05, 0.1) is 12.2 Å². The third-order valence-electron chi connectivity index (χ3n) is 4.87. The highest BCUT2D eigenvalue weighted by Gasteiger charge is 2.41. The summed E-state index contributed by atoms with van der Waals surface area (Å²) in [6.45, 7) is 5.12. The molecule has 0 N–H and O–H groups in total. The van der Waals surface area contributed by atoms with Crippen molar-refractivity contribution in [3.05, 3.63) is 46.5 Å². The highest BCUT2D eigenvalue weighted by atomic mass is 32.1. The molecule has 4 rings (SSSR count). The molecule has 4 nitrogen and oxygen atoms in total. The molecule has 2 saturated heterocycles. The largest absolute Gasteiger partial charge is 0.370 e. The Morgan fingerprint density at radius 2 is 2.21 bits per heavy atom. The molecule has 0 saturated carbocycles. The molecule has 0 amide bonds. The van der Waals surface area contributed by atoms with E-state index in [9.17, 15) is 4.39 Å². The van der Waals surface area contributed by atoms with Crippen LogP contribution in [-0.2, 0) is 11.3 Å². The van der Waals surface area contributed by atoms with Crippen LogP contribution in [-0.4, -0.2) is 48.3 Å². The van der Waals surface area contributed by atoms with E-state index in [4.69, 9.17) is 4.74 Å². The maximum absolute atomic E-state index is 14.1. The molecule has 0 aromatic carbocycles. The summed E-state index contributed by atoms with van der Waals surface area (Å²) in [5.41, 5.74) is -0.211. The van der Waals surface area contributed by atoms with Crippen LogP contribution in [0, 0.1) is 5.82 Å². The average molecular weight is 347 g/mol. The van der Waals surface area contributed by atoms with Crippen molar-refractivity contribution in [2.75, 3.05) is 37.7 Å². The van der Waals surface area contributed by atoms with Gasteiger partial charge in [0.1, 0.15) is 0 Å². The van der Waals surface area contributed by atoms with Crippen LogP contribution in [0.4, 0.5) is 10.2 Å². The quantitative estimate of drug-likeness (QED) is 0.853. The van der Waals surface area contributed by atoms with Crippen LogP contribution >= 0.6 is 11.3 Å². The van der Waals surface area contributed by atoms with Gasteiger partial charge in [-0.05, 0) is 36.4 Å². The lowest BCUT2D eigenvalue weighted by molar-refractivity contribution is -0.116. The summed E-state index contributed by atoms with van der Waals surface area (Å²) in [7, 11) is 0. The topological polar surface area (TPSA) is 28.6 Å². The normalized spacial score (nSPS) is 25.3. The lowest BCUT2D eigenvalue weighted by Gasteiger charge is -2.48. The summed E-state index contributed by atoms with van der Waals surface area (Å²) in [4.78, 5) is 10.1. The predicted molar refractivity (Wildman–Crippen MR) is 93.9 cm³/mol. The molecule has 2 fully saturated rings. The number of halogens is 1. The van der Waals surface area contributed by atoms with Crippen molar-refractivity contribution in [2.24, 2.45) is 0 Å². The first kappa shape index (κ1) is 16.0. The Bertz CT molecular complexity index is 677. The van der Waals surface area contributed by atoms with Crippen LogP contribution in [0.5, 0.6) is 0 Å². The van der Waals surface area contributed by atoms with Gasteiger partial charge < -0.3 is 9.64 Å². The summed E-state index contributed by atoms with van der Waals surface area (Å²) in [6, 6.07) is 7.40. The molecular formula is C18H22FN3OS. The molecule has 1 atom stereocenters. The van der Waals surface area contributed by atoms with E-state index >= 15 is 0 Å². The molecule has 128 valence electrons. The van der Waals surface area contributed by atoms with E-state index in [0.29, 0.717) is 12.4 Å². The Labute approximate surface area is 145 Å². The first-order valence-corrected chi connectivity index (χ1v) is 9.36. The Hall–Kier alpha value is -1.50. The van der Waals surface area contributed by atoms with Gasteiger partial charge in [-0.2, -0.15) is 0 Å². The molecule has 6 heteroatoms. The zero-order valence-corrected chi connectivity index (χ0v) is 14.5. The average Bonchev–Trinajstić information content (AvgIpc) is 3.08. The van der Waals surface area contributed by atoms with Crippen molar-refractivity contribution < 1.29 is 9.13 Å². The van der Waals surface area contributed by atoms with E-state index in [1.165, 1.54) is 10.9 Å². The second kappa shape index (κ2) is 6.78. The number of nitrogens with zero attached hydrogens (tertiary/aromatic N) is 3. The Morgan fingerprint density at radius 3 is 3.04 bits per heavy atom. The molecule has 0 bridgehead atoms. The number of thiophene rings is 1. The third kappa shape index (κ3) is 3.31. The summed E-state index contributed by atoms with van der Waals surface area (Å²) in [6.07, 6.45) is 3.69. The number of piperidine rings is 1. The van der Waals surface area contributed by atoms with Crippen molar-refractivity contribution in [1.29, 1.82) is 0 Å². The Balaban J connectivity index is 1.48. The zero-order chi connectivity index (χ0) is 16.4. The minimum atomic E-state index is -0.249. The van der Waals surface area contributed by atoms with E-state index in [1.807, 2.05) is 4.90 Å². The zero-order valence-electron chi connectivity index (χ0n) is 13.7. The molecule has 0 radical (unpaired) electrons. The van der Waals surface area contributed by atoms with Crippen LogP contribution in [0.15, 0.2) is 35.8 Å². The van der Waals surface area contributed by atoms with E-state index in [-0.39, 0.29) is 11.4 Å². The molecule has 2 aromatic heterocycles. The maximum atomic E-state index is 14.1. The van der Waals surface area contributed by atoms with E-state index in [1.54, 1.807) is 23.6 Å². The van der Waals surface area contributed by atoms with Crippen LogP contribution in [0.25, 0.3) is 0 Å². The third-order valence-corrected chi connectivity index (χ3v) is 5.73. The number of ether oxygens (including phenoxy) is 1. The summed E-state index contributed by atoms with van der Waals surface area (Å²) < 4.78 is 20.3. The Kier molecular flexibility index (Phi) is 4.52. The first-order chi connectivity index (χ1) is 11.7. The number of aromatic nitrogens is 1. The number of pyridine rings is 1. The number of rotatable bonds is 3. The van der Waals surface area contributed by atoms with Gasteiger partial charge in [0.2, 0.25) is 0 Å². The minimum absolute atomic E-state index is 0.211. The predicted octanol–water partition coefficient (Wildman–Crippen LogP) is 3.15. The number of hydrogen-bond donors (Lipinski definition) is 0. The summed E-state index contributed by atoms with van der Waals surface area (Å²) in [5, 5.41) is 2.12. The summed E-state index contributed by atoms with van der Waals surface area (Å²) in [5.74, 6) is 0.205. The number of hydrogen-bond acceptors (Lipinski definition) is 5. The smallest absolute Gasteiger partial charge is 0.165 e. The van der Waals surface area contributed by atoms with Gasteiger partial charge in [0, 0.05) is 43.8 Å². The lowest BCUT2D eigenvalue weighted by Crippen LogP contribution is -2.59. The number of morpholine rings is 1. The summed E-state index contributed by atoms with van der Waals surface area (Å²) >= 11 is 1.80. The van der Waals surface area contributed by atoms with Gasteiger partial charge in [0.15, 0.2) is 11.6 Å². The monoisotopic (exact) mass is 347 g/mol. The maximum Gasteiger partial charge on any atom is 0.165 e. The minimum Gasteiger partial charge on any atom is -0.370 e. The standard InChI is InChI=1S/C18H22FN3OS/c19-16-5-1-7-20-17(16)22-8-3-6-18(14-22)13-21(9-10-23-18)12-15-4-2-11-24-15/h1-2,4-5,7,11H,3,6,8-10,12-14H2/t18-/m0/s1. The van der Waals surface area contributed by atoms with Crippen LogP contribution in [0.1, 0.15) is 17.7 Å². The molecule has 2 aliphatic rings. The molecule has 2 aliphatic heterocycles. The highest BCUT2D eigenvalue weighted by molar-refractivity contribution is 7.09. The SMILES string of the molecule is Fc1cccnc1N1CCC[C@]2(CN(Cc3cccs3)CCO2)C1. The van der Waals surface area contributed by atoms with Gasteiger partial charge in [0.25, 0.3) is 0 Å². The van der Waals surface area contributed by atoms with E-state index in [0.717, 1.165) is 45.6 Å². The fraction of sp³-hybridized carbons (Fsp3) is 0.500. The number of anilines is 1. The molecule has 2 aromatic rings. The van der Waals surface area contributed by atoms with E-state index in [2.05, 4.69) is 27.4 Å². The first-order valence-electron chi connectivity index (χ1n) is 8.48. The Morgan fingerprint density at radius 1 is 1.25 bits per heavy atom. The van der Waals surface area contributed by atoms with Crippen LogP contribution < -0.4 is 4.90 Å². The second-order valence-electron chi connectivity index (χ2n) is 6.66. The van der Waals surface area contributed by atoms with Gasteiger partial charge in [-0.25, -0.2) is 9.37 Å². The van der Waals surface area contributed by atoms with Crippen molar-refractivity contribution >= 4 is 17.2 Å². The van der Waals surface area contributed by atoms with Gasteiger partial charge >= 0.3 is 0 Å². The fourth-order valence-corrected chi connectivity index (χ4v) is 4.56. The van der Waals surface area contributed by atoms with Gasteiger partial charge in [-0.3, -0.25) is 4.90 Å². The molecule has 0 aliphatic carbocycles. The van der Waals surface area contributed by atoms with Crippen LogP contribution in [0.2, 0.25) is 0 Å². The molecule has 24 heavy (non-hydrogen) atoms. The molecule has 4 heterocycles. The van der Waals surface area contributed by atoms with Crippen molar-refractivity contribution in [3.63, 3.8) is 0 Å². The van der Waals surface area contributed by atoms with Crippen molar-refractivity contribution in [3.8, 4) is 0 Å². The molecular weight excluding hydrogens is 325 g/mol. The fourth-order valence-electron chi connectivity index (χ4n) is 3.82. The lowest BCUT2D eigenvalue weighted by atomic mass is 9.90. The van der Waals surface area contributed by atoms with Crippen molar-refractivity contribution in [2.45, 2.75) is 25.0 Å². The van der Waals surface area contributed by atoms with E-state index < -0.39 is 0 Å². The second-order valence-corrected chi connectivity index (χ2v) is 7.69. The van der Waals surface area contributed by atoms with Crippen LogP contribution in [0.3, 0.4) is 0 Å². The van der Waals surface area contributed by atoms with Gasteiger partial charge in [-0.15, -0.1) is 11.3 Å².